The normalized spacial score (nSPS) is 21.7. The minimum absolute atomic E-state index is 0.0817. The van der Waals surface area contributed by atoms with E-state index in [0.717, 1.165) is 25.8 Å². The first-order valence-corrected chi connectivity index (χ1v) is 7.36. The number of methoxy groups -OCH3 is 2. The van der Waals surface area contributed by atoms with Gasteiger partial charge in [-0.2, -0.15) is 0 Å². The Morgan fingerprint density at radius 3 is 2.57 bits per heavy atom. The SMILES string of the molecule is COc1cc(OC)c(NC(=O)C2(C)CCCCN2)cc1Cl. The summed E-state index contributed by atoms with van der Waals surface area (Å²) in [6.45, 7) is 2.77. The minimum Gasteiger partial charge on any atom is -0.495 e. The number of carbonyl (C=O) groups is 1. The van der Waals surface area contributed by atoms with Crippen molar-refractivity contribution in [3.63, 3.8) is 0 Å². The highest BCUT2D eigenvalue weighted by molar-refractivity contribution is 6.32. The number of ether oxygens (including phenoxy) is 2. The van der Waals surface area contributed by atoms with Crippen LogP contribution >= 0.6 is 11.6 Å². The summed E-state index contributed by atoms with van der Waals surface area (Å²) in [5.74, 6) is 0.944. The Bertz CT molecular complexity index is 528. The molecule has 1 aromatic carbocycles. The van der Waals surface area contributed by atoms with Crippen LogP contribution in [0, 0.1) is 0 Å². The molecule has 6 heteroatoms. The molecule has 1 atom stereocenters. The Kier molecular flexibility index (Phi) is 4.96. The Labute approximate surface area is 130 Å². The summed E-state index contributed by atoms with van der Waals surface area (Å²) in [6.07, 6.45) is 2.95. The molecule has 0 bridgehead atoms. The van der Waals surface area contributed by atoms with Gasteiger partial charge < -0.3 is 20.1 Å². The van der Waals surface area contributed by atoms with Crippen molar-refractivity contribution in [2.45, 2.75) is 31.7 Å². The average Bonchev–Trinajstić information content (AvgIpc) is 2.48. The van der Waals surface area contributed by atoms with Gasteiger partial charge in [0.15, 0.2) is 0 Å². The highest BCUT2D eigenvalue weighted by Crippen LogP contribution is 2.36. The van der Waals surface area contributed by atoms with Crippen molar-refractivity contribution in [1.82, 2.24) is 5.32 Å². The maximum Gasteiger partial charge on any atom is 0.244 e. The molecule has 1 aliphatic rings. The number of halogens is 1. The van der Waals surface area contributed by atoms with Crippen LogP contribution in [0.25, 0.3) is 0 Å². The van der Waals surface area contributed by atoms with Crippen molar-refractivity contribution < 1.29 is 14.3 Å². The van der Waals surface area contributed by atoms with Crippen LogP contribution in [0.15, 0.2) is 12.1 Å². The molecule has 1 heterocycles. The quantitative estimate of drug-likeness (QED) is 0.897. The summed E-state index contributed by atoms with van der Waals surface area (Å²) in [5.41, 5.74) is -0.0164. The van der Waals surface area contributed by atoms with Crippen molar-refractivity contribution in [3.05, 3.63) is 17.2 Å². The monoisotopic (exact) mass is 312 g/mol. The zero-order chi connectivity index (χ0) is 15.5. The molecule has 1 fully saturated rings. The molecule has 2 N–H and O–H groups in total. The van der Waals surface area contributed by atoms with Crippen molar-refractivity contribution in [1.29, 1.82) is 0 Å². The third kappa shape index (κ3) is 3.41. The van der Waals surface area contributed by atoms with Crippen LogP contribution in [0.3, 0.4) is 0 Å². The molecule has 0 saturated carbocycles. The summed E-state index contributed by atoms with van der Waals surface area (Å²) >= 11 is 6.11. The van der Waals surface area contributed by atoms with E-state index in [-0.39, 0.29) is 5.91 Å². The van der Waals surface area contributed by atoms with Gasteiger partial charge in [0.05, 0.1) is 30.5 Å². The van der Waals surface area contributed by atoms with Crippen molar-refractivity contribution in [2.75, 3.05) is 26.1 Å². The third-order valence-electron chi connectivity index (χ3n) is 3.84. The molecule has 0 aromatic heterocycles. The van der Waals surface area contributed by atoms with Gasteiger partial charge >= 0.3 is 0 Å². The average molecular weight is 313 g/mol. The van der Waals surface area contributed by atoms with Crippen LogP contribution in [-0.2, 0) is 4.79 Å². The second-order valence-corrected chi connectivity index (χ2v) is 5.76. The highest BCUT2D eigenvalue weighted by Gasteiger charge is 2.34. The van der Waals surface area contributed by atoms with E-state index >= 15 is 0 Å². The number of hydrogen-bond donors (Lipinski definition) is 2. The number of benzene rings is 1. The van der Waals surface area contributed by atoms with E-state index in [1.54, 1.807) is 19.2 Å². The van der Waals surface area contributed by atoms with E-state index < -0.39 is 5.54 Å². The number of amides is 1. The molecule has 21 heavy (non-hydrogen) atoms. The van der Waals surface area contributed by atoms with Crippen LogP contribution in [0.5, 0.6) is 11.5 Å². The van der Waals surface area contributed by atoms with Gasteiger partial charge in [-0.25, -0.2) is 0 Å². The van der Waals surface area contributed by atoms with Crippen molar-refractivity contribution in [3.8, 4) is 11.5 Å². The fourth-order valence-corrected chi connectivity index (χ4v) is 2.71. The van der Waals surface area contributed by atoms with E-state index in [9.17, 15) is 4.79 Å². The van der Waals surface area contributed by atoms with Crippen molar-refractivity contribution in [2.24, 2.45) is 0 Å². The second kappa shape index (κ2) is 6.54. The van der Waals surface area contributed by atoms with Crippen LogP contribution in [0.4, 0.5) is 5.69 Å². The molecule has 1 aliphatic heterocycles. The lowest BCUT2D eigenvalue weighted by Gasteiger charge is -2.33. The van der Waals surface area contributed by atoms with E-state index in [1.165, 1.54) is 7.11 Å². The fourth-order valence-electron chi connectivity index (χ4n) is 2.47. The number of anilines is 1. The van der Waals surface area contributed by atoms with Gasteiger partial charge in [-0.05, 0) is 38.8 Å². The van der Waals surface area contributed by atoms with Crippen LogP contribution in [0.1, 0.15) is 26.2 Å². The Balaban J connectivity index is 2.22. The lowest BCUT2D eigenvalue weighted by atomic mass is 9.90. The lowest BCUT2D eigenvalue weighted by molar-refractivity contribution is -0.122. The highest BCUT2D eigenvalue weighted by atomic mass is 35.5. The Hall–Kier alpha value is -1.46. The molecule has 2 rings (SSSR count). The van der Waals surface area contributed by atoms with Gasteiger partial charge in [0.25, 0.3) is 0 Å². The zero-order valence-corrected chi connectivity index (χ0v) is 13.3. The van der Waals surface area contributed by atoms with E-state index in [2.05, 4.69) is 10.6 Å². The molecule has 116 valence electrons. The smallest absolute Gasteiger partial charge is 0.244 e. The third-order valence-corrected chi connectivity index (χ3v) is 4.14. The molecular weight excluding hydrogens is 292 g/mol. The number of hydrogen-bond acceptors (Lipinski definition) is 4. The maximum absolute atomic E-state index is 12.5. The molecule has 0 spiro atoms. The van der Waals surface area contributed by atoms with Gasteiger partial charge in [-0.1, -0.05) is 11.6 Å². The number of carbonyl (C=O) groups excluding carboxylic acids is 1. The molecule has 1 saturated heterocycles. The summed E-state index contributed by atoms with van der Waals surface area (Å²) in [6, 6.07) is 3.30. The van der Waals surface area contributed by atoms with Crippen molar-refractivity contribution >= 4 is 23.2 Å². The van der Waals surface area contributed by atoms with E-state index in [0.29, 0.717) is 22.2 Å². The molecule has 1 amide bonds. The summed E-state index contributed by atoms with van der Waals surface area (Å²) < 4.78 is 10.4. The van der Waals surface area contributed by atoms with Crippen LogP contribution in [-0.4, -0.2) is 32.2 Å². The van der Waals surface area contributed by atoms with E-state index in [4.69, 9.17) is 21.1 Å². The summed E-state index contributed by atoms with van der Waals surface area (Å²) in [4.78, 5) is 12.5. The molecular formula is C15H21ClN2O3. The maximum atomic E-state index is 12.5. The first-order valence-electron chi connectivity index (χ1n) is 6.98. The lowest BCUT2D eigenvalue weighted by Crippen LogP contribution is -2.54. The summed E-state index contributed by atoms with van der Waals surface area (Å²) in [5, 5.41) is 6.60. The van der Waals surface area contributed by atoms with Gasteiger partial charge in [-0.15, -0.1) is 0 Å². The first kappa shape index (κ1) is 15.9. The molecule has 0 radical (unpaired) electrons. The van der Waals surface area contributed by atoms with E-state index in [1.807, 2.05) is 6.92 Å². The number of nitrogens with one attached hydrogen (secondary N) is 2. The van der Waals surface area contributed by atoms with Gasteiger partial charge in [0.1, 0.15) is 11.5 Å². The standard InChI is InChI=1S/C15H21ClN2O3/c1-15(6-4-5-7-17-15)14(19)18-11-8-10(16)12(20-2)9-13(11)21-3/h8-9,17H,4-7H2,1-3H3,(H,18,19). The molecule has 5 nitrogen and oxygen atoms in total. The Morgan fingerprint density at radius 1 is 1.29 bits per heavy atom. The number of piperidine rings is 1. The molecule has 0 aliphatic carbocycles. The predicted octanol–water partition coefficient (Wildman–Crippen LogP) is 2.83. The van der Waals surface area contributed by atoms with Gasteiger partial charge in [0, 0.05) is 6.07 Å². The second-order valence-electron chi connectivity index (χ2n) is 5.36. The fraction of sp³-hybridized carbons (Fsp3) is 0.533. The molecule has 1 unspecified atom stereocenters. The topological polar surface area (TPSA) is 59.6 Å². The van der Waals surface area contributed by atoms with Gasteiger partial charge in [0.2, 0.25) is 5.91 Å². The number of rotatable bonds is 4. The molecule has 1 aromatic rings. The predicted molar refractivity (Wildman–Crippen MR) is 83.4 cm³/mol. The minimum atomic E-state index is -0.560. The zero-order valence-electron chi connectivity index (χ0n) is 12.6. The Morgan fingerprint density at radius 2 is 2.00 bits per heavy atom. The van der Waals surface area contributed by atoms with Gasteiger partial charge in [-0.3, -0.25) is 4.79 Å². The first-order chi connectivity index (χ1) is 10.00. The van der Waals surface area contributed by atoms with Crippen LogP contribution in [0.2, 0.25) is 5.02 Å². The largest absolute Gasteiger partial charge is 0.495 e. The van der Waals surface area contributed by atoms with Crippen LogP contribution < -0.4 is 20.1 Å². The summed E-state index contributed by atoms with van der Waals surface area (Å²) in [7, 11) is 3.07.